The van der Waals surface area contributed by atoms with Gasteiger partial charge in [0.2, 0.25) is 17.8 Å². The summed E-state index contributed by atoms with van der Waals surface area (Å²) in [5.41, 5.74) is 5.96. The molecule has 1 heterocycles. The van der Waals surface area contributed by atoms with E-state index >= 15 is 0 Å². The largest absolute Gasteiger partial charge is 0.341 e. The Hall–Kier alpha value is -3.15. The smallest absolute Gasteiger partial charge is 0.231 e. The molecule has 3 aromatic rings. The zero-order chi connectivity index (χ0) is 29.8. The lowest BCUT2D eigenvalue weighted by atomic mass is 9.65. The maximum Gasteiger partial charge on any atom is 0.231 e. The number of hydrogen-bond acceptors (Lipinski definition) is 6. The van der Waals surface area contributed by atoms with Crippen LogP contribution in [0.4, 0.5) is 17.8 Å². The Morgan fingerprint density at radius 3 is 1.05 bits per heavy atom. The third-order valence-corrected chi connectivity index (χ3v) is 8.65. The summed E-state index contributed by atoms with van der Waals surface area (Å²) in [6.07, 6.45) is 6.67. The lowest BCUT2D eigenvalue weighted by molar-refractivity contribution is 0.346. The van der Waals surface area contributed by atoms with Gasteiger partial charge in [-0.3, -0.25) is 0 Å². The van der Waals surface area contributed by atoms with Gasteiger partial charge in [0, 0.05) is 44.7 Å². The third kappa shape index (κ3) is 7.99. The minimum absolute atomic E-state index is 0.250. The van der Waals surface area contributed by atoms with E-state index in [1.807, 2.05) is 0 Å². The summed E-state index contributed by atoms with van der Waals surface area (Å²) in [5, 5.41) is 0. The molecule has 0 unspecified atom stereocenters. The van der Waals surface area contributed by atoms with E-state index in [4.69, 9.17) is 0 Å². The number of nitrogens with zero attached hydrogens (tertiary/aromatic N) is 6. The highest BCUT2D eigenvalue weighted by atomic mass is 15.4. The van der Waals surface area contributed by atoms with Crippen molar-refractivity contribution in [1.82, 2.24) is 15.0 Å². The number of hydrogen-bond donors (Lipinski definition) is 0. The van der Waals surface area contributed by atoms with Gasteiger partial charge in [0.15, 0.2) is 0 Å². The second-order valence-electron chi connectivity index (χ2n) is 11.1. The fraction of sp³-hybridized carbons (Fsp3) is 0.571. The standard InChI is InChI=1S/C20H24.C15H30N6/c1-16-6-10-18(11-7-16)20(14-4-3-5-15-20)19-12-8-17(2)9-13-19;1-7-19(8-2)13-16-14(20(9-3)10-4)18-15(17-13)21(11-5)12-6/h6-13H,3-5,14-15H2,1-2H3;7-12H2,1-6H3. The van der Waals surface area contributed by atoms with Crippen LogP contribution in [0.25, 0.3) is 0 Å². The van der Waals surface area contributed by atoms with Crippen molar-refractivity contribution in [2.24, 2.45) is 0 Å². The summed E-state index contributed by atoms with van der Waals surface area (Å²) in [6.45, 7) is 22.5. The Balaban J connectivity index is 0.000000225. The highest BCUT2D eigenvalue weighted by Gasteiger charge is 2.35. The molecule has 2 aromatic carbocycles. The van der Waals surface area contributed by atoms with Crippen LogP contribution in [0.1, 0.15) is 95.9 Å². The van der Waals surface area contributed by atoms with Crippen molar-refractivity contribution in [3.8, 4) is 0 Å². The maximum absolute atomic E-state index is 4.67. The van der Waals surface area contributed by atoms with E-state index < -0.39 is 0 Å². The number of benzene rings is 2. The minimum atomic E-state index is 0.250. The molecule has 1 aliphatic carbocycles. The summed E-state index contributed by atoms with van der Waals surface area (Å²) in [6, 6.07) is 18.4. The van der Waals surface area contributed by atoms with Crippen LogP contribution in [0.3, 0.4) is 0 Å². The Kier molecular flexibility index (Phi) is 12.4. The van der Waals surface area contributed by atoms with Crippen molar-refractivity contribution in [3.63, 3.8) is 0 Å². The number of aryl methyl sites for hydroxylation is 2. The molecular weight excluding hydrogens is 504 g/mol. The third-order valence-electron chi connectivity index (χ3n) is 8.65. The van der Waals surface area contributed by atoms with Crippen LogP contribution >= 0.6 is 0 Å². The monoisotopic (exact) mass is 558 g/mol. The van der Waals surface area contributed by atoms with Gasteiger partial charge in [-0.05, 0) is 79.4 Å². The Morgan fingerprint density at radius 2 is 0.780 bits per heavy atom. The van der Waals surface area contributed by atoms with Crippen molar-refractivity contribution in [1.29, 1.82) is 0 Å². The fourth-order valence-corrected chi connectivity index (χ4v) is 5.93. The van der Waals surface area contributed by atoms with Crippen LogP contribution in [0.15, 0.2) is 48.5 Å². The Labute approximate surface area is 250 Å². The first kappa shape index (κ1) is 32.4. The number of rotatable bonds is 11. The van der Waals surface area contributed by atoms with E-state index in [1.165, 1.54) is 54.4 Å². The fourth-order valence-electron chi connectivity index (χ4n) is 5.93. The molecule has 1 saturated carbocycles. The first-order valence-electron chi connectivity index (χ1n) is 16.0. The molecule has 224 valence electrons. The van der Waals surface area contributed by atoms with Gasteiger partial charge >= 0.3 is 0 Å². The predicted molar refractivity (Wildman–Crippen MR) is 177 cm³/mol. The van der Waals surface area contributed by atoms with Crippen molar-refractivity contribution in [2.45, 2.75) is 92.9 Å². The van der Waals surface area contributed by atoms with Crippen molar-refractivity contribution < 1.29 is 0 Å². The molecule has 0 saturated heterocycles. The van der Waals surface area contributed by atoms with E-state index in [-0.39, 0.29) is 5.41 Å². The molecule has 0 spiro atoms. The first-order chi connectivity index (χ1) is 19.8. The van der Waals surface area contributed by atoms with Crippen LogP contribution in [0.2, 0.25) is 0 Å². The molecule has 1 aliphatic rings. The molecule has 6 nitrogen and oxygen atoms in total. The second kappa shape index (κ2) is 15.7. The van der Waals surface area contributed by atoms with Gasteiger partial charge in [0.1, 0.15) is 0 Å². The van der Waals surface area contributed by atoms with Crippen LogP contribution in [-0.4, -0.2) is 54.2 Å². The quantitative estimate of drug-likeness (QED) is 0.238. The summed E-state index contributed by atoms with van der Waals surface area (Å²) in [5.74, 6) is 2.33. The average Bonchev–Trinajstić information content (AvgIpc) is 3.00. The van der Waals surface area contributed by atoms with Gasteiger partial charge in [-0.25, -0.2) is 0 Å². The molecule has 0 N–H and O–H groups in total. The molecule has 0 atom stereocenters. The lowest BCUT2D eigenvalue weighted by Gasteiger charge is -2.38. The van der Waals surface area contributed by atoms with E-state index in [0.29, 0.717) is 0 Å². The van der Waals surface area contributed by atoms with Gasteiger partial charge in [-0.15, -0.1) is 0 Å². The zero-order valence-electron chi connectivity index (χ0n) is 27.1. The lowest BCUT2D eigenvalue weighted by Crippen LogP contribution is -2.31. The highest BCUT2D eigenvalue weighted by Crippen LogP contribution is 2.44. The minimum Gasteiger partial charge on any atom is -0.341 e. The van der Waals surface area contributed by atoms with Crippen molar-refractivity contribution in [3.05, 3.63) is 70.8 Å². The van der Waals surface area contributed by atoms with Gasteiger partial charge in [-0.2, -0.15) is 15.0 Å². The summed E-state index contributed by atoms with van der Waals surface area (Å²) < 4.78 is 0. The average molecular weight is 559 g/mol. The van der Waals surface area contributed by atoms with E-state index in [1.54, 1.807) is 0 Å². The Bertz CT molecular complexity index is 1030. The van der Waals surface area contributed by atoms with Crippen molar-refractivity contribution in [2.75, 3.05) is 54.0 Å². The van der Waals surface area contributed by atoms with E-state index in [0.717, 1.165) is 57.1 Å². The van der Waals surface area contributed by atoms with Gasteiger partial charge in [0.05, 0.1) is 0 Å². The zero-order valence-corrected chi connectivity index (χ0v) is 27.1. The number of aromatic nitrogens is 3. The molecule has 4 rings (SSSR count). The second-order valence-corrected chi connectivity index (χ2v) is 11.1. The van der Waals surface area contributed by atoms with Crippen LogP contribution in [0.5, 0.6) is 0 Å². The maximum atomic E-state index is 4.67. The topological polar surface area (TPSA) is 48.4 Å². The van der Waals surface area contributed by atoms with Crippen LogP contribution in [-0.2, 0) is 5.41 Å². The van der Waals surface area contributed by atoms with Crippen molar-refractivity contribution >= 4 is 17.8 Å². The highest BCUT2D eigenvalue weighted by molar-refractivity contribution is 5.46. The molecule has 0 radical (unpaired) electrons. The molecule has 1 fully saturated rings. The van der Waals surface area contributed by atoms with Gasteiger partial charge in [0.25, 0.3) is 0 Å². The summed E-state index contributed by atoms with van der Waals surface area (Å²) in [7, 11) is 0. The van der Waals surface area contributed by atoms with Crippen LogP contribution < -0.4 is 14.7 Å². The molecule has 0 aliphatic heterocycles. The molecule has 0 bridgehead atoms. The van der Waals surface area contributed by atoms with Gasteiger partial charge in [-0.1, -0.05) is 78.9 Å². The number of anilines is 3. The summed E-state index contributed by atoms with van der Waals surface area (Å²) in [4.78, 5) is 20.5. The predicted octanol–water partition coefficient (Wildman–Crippen LogP) is 7.96. The van der Waals surface area contributed by atoms with E-state index in [2.05, 4.69) is 134 Å². The Morgan fingerprint density at radius 1 is 0.488 bits per heavy atom. The van der Waals surface area contributed by atoms with E-state index in [9.17, 15) is 0 Å². The van der Waals surface area contributed by atoms with Gasteiger partial charge < -0.3 is 14.7 Å². The SMILES string of the molecule is CCN(CC)c1nc(N(CC)CC)nc(N(CC)CC)n1.Cc1ccc(C2(c3ccc(C)cc3)CCCCC2)cc1. The molecule has 6 heteroatoms. The molecule has 41 heavy (non-hydrogen) atoms. The molecule has 0 amide bonds. The molecular formula is C35H54N6. The normalized spacial score (nSPS) is 14.1. The summed E-state index contributed by atoms with van der Waals surface area (Å²) >= 11 is 0. The van der Waals surface area contributed by atoms with Crippen LogP contribution in [0, 0.1) is 13.8 Å². The molecule has 1 aromatic heterocycles. The first-order valence-corrected chi connectivity index (χ1v) is 16.0.